The average molecular weight is 779 g/mol. The fourth-order valence-electron chi connectivity index (χ4n) is 8.81. The van der Waals surface area contributed by atoms with E-state index in [2.05, 4.69) is 181 Å². The second-order valence-corrected chi connectivity index (χ2v) is 17.1. The van der Waals surface area contributed by atoms with E-state index in [0.717, 1.165) is 78.1 Å². The van der Waals surface area contributed by atoms with Crippen LogP contribution < -0.4 is 4.90 Å². The van der Waals surface area contributed by atoms with Crippen LogP contribution in [0.1, 0.15) is 17.5 Å². The highest BCUT2D eigenvalue weighted by molar-refractivity contribution is 7.26. The molecule has 0 radical (unpaired) electrons. The van der Waals surface area contributed by atoms with Crippen molar-refractivity contribution in [2.24, 2.45) is 0 Å². The zero-order chi connectivity index (χ0) is 38.2. The molecule has 12 rings (SSSR count). The van der Waals surface area contributed by atoms with Crippen molar-refractivity contribution < 1.29 is 4.42 Å². The Morgan fingerprint density at radius 3 is 2.16 bits per heavy atom. The predicted molar refractivity (Wildman–Crippen MR) is 248 cm³/mol. The molecule has 274 valence electrons. The van der Waals surface area contributed by atoms with Crippen LogP contribution in [-0.2, 0) is 6.42 Å². The highest BCUT2D eigenvalue weighted by Crippen LogP contribution is 2.46. The number of allylic oxidation sites excluding steroid dienone is 1. The molecule has 1 aliphatic rings. The first-order valence-corrected chi connectivity index (χ1v) is 21.4. The number of rotatable bonds is 6. The topological polar surface area (TPSA) is 29.3 Å². The van der Waals surface area contributed by atoms with E-state index in [0.29, 0.717) is 0 Å². The van der Waals surface area contributed by atoms with Crippen LogP contribution in [0.2, 0.25) is 0 Å². The summed E-state index contributed by atoms with van der Waals surface area (Å²) >= 11 is 3.58. The van der Waals surface area contributed by atoms with E-state index in [1.54, 1.807) is 11.3 Å². The maximum atomic E-state index is 6.52. The molecule has 0 spiro atoms. The average Bonchev–Trinajstić information content (AvgIpc) is 4.01. The van der Waals surface area contributed by atoms with Crippen LogP contribution in [0.5, 0.6) is 0 Å². The van der Waals surface area contributed by atoms with Crippen molar-refractivity contribution in [3.8, 4) is 32.8 Å². The van der Waals surface area contributed by atoms with E-state index in [1.807, 2.05) is 17.4 Å². The van der Waals surface area contributed by atoms with Gasteiger partial charge in [-0.1, -0.05) is 115 Å². The van der Waals surface area contributed by atoms with Crippen LogP contribution in [0, 0.1) is 0 Å². The third-order valence-corrected chi connectivity index (χ3v) is 13.9. The molecule has 0 saturated heterocycles. The van der Waals surface area contributed by atoms with Crippen LogP contribution in [0.15, 0.2) is 180 Å². The molecule has 0 saturated carbocycles. The third kappa shape index (κ3) is 5.42. The van der Waals surface area contributed by atoms with E-state index in [1.165, 1.54) is 48.1 Å². The molecule has 0 fully saturated rings. The van der Waals surface area contributed by atoms with E-state index in [9.17, 15) is 0 Å². The molecule has 0 amide bonds. The highest BCUT2D eigenvalue weighted by Gasteiger charge is 2.20. The van der Waals surface area contributed by atoms with Gasteiger partial charge in [0.05, 0.1) is 15.9 Å². The predicted octanol–water partition coefficient (Wildman–Crippen LogP) is 16.0. The Kier molecular flexibility index (Phi) is 7.71. The van der Waals surface area contributed by atoms with Crippen molar-refractivity contribution in [3.05, 3.63) is 187 Å². The largest absolute Gasteiger partial charge is 0.456 e. The monoisotopic (exact) mass is 778 g/mol. The Bertz CT molecular complexity index is 3390. The van der Waals surface area contributed by atoms with E-state index < -0.39 is 0 Å². The molecule has 0 bridgehead atoms. The van der Waals surface area contributed by atoms with Gasteiger partial charge in [-0.25, -0.2) is 4.98 Å². The number of furan rings is 1. The van der Waals surface area contributed by atoms with Crippen molar-refractivity contribution in [2.45, 2.75) is 12.8 Å². The van der Waals surface area contributed by atoms with Gasteiger partial charge in [-0.15, -0.1) is 22.7 Å². The lowest BCUT2D eigenvalue weighted by Crippen LogP contribution is -2.10. The van der Waals surface area contributed by atoms with Crippen molar-refractivity contribution >= 4 is 98.1 Å². The summed E-state index contributed by atoms with van der Waals surface area (Å²) < 4.78 is 10.3. The van der Waals surface area contributed by atoms with Crippen LogP contribution >= 0.6 is 22.7 Å². The Labute approximate surface area is 343 Å². The molecule has 0 N–H and O–H groups in total. The van der Waals surface area contributed by atoms with Gasteiger partial charge in [0.1, 0.15) is 16.2 Å². The molecule has 1 aliphatic carbocycles. The summed E-state index contributed by atoms with van der Waals surface area (Å²) in [6.07, 6.45) is 6.80. The fraction of sp³-hybridized carbons (Fsp3) is 0.0377. The minimum atomic E-state index is 0.881. The van der Waals surface area contributed by atoms with Crippen LogP contribution in [0.3, 0.4) is 0 Å². The Balaban J connectivity index is 0.949. The fourth-order valence-corrected chi connectivity index (χ4v) is 11.1. The van der Waals surface area contributed by atoms with Crippen molar-refractivity contribution in [2.75, 3.05) is 4.90 Å². The van der Waals surface area contributed by atoms with Crippen molar-refractivity contribution in [3.63, 3.8) is 0 Å². The Hall–Kier alpha value is -6.79. The minimum Gasteiger partial charge on any atom is -0.456 e. The maximum Gasteiger partial charge on any atom is 0.137 e. The summed E-state index contributed by atoms with van der Waals surface area (Å²) in [7, 11) is 0. The molecular formula is C53H34N2OS2. The van der Waals surface area contributed by atoms with Gasteiger partial charge in [0.25, 0.3) is 0 Å². The second kappa shape index (κ2) is 13.4. The summed E-state index contributed by atoms with van der Waals surface area (Å²) in [6.45, 7) is 0. The first-order chi connectivity index (χ1) is 28.7. The van der Waals surface area contributed by atoms with Crippen molar-refractivity contribution in [1.29, 1.82) is 0 Å². The number of thiophene rings is 1. The number of fused-ring (bicyclic) bond motifs is 9. The lowest BCUT2D eigenvalue weighted by Gasteiger charge is -2.27. The normalized spacial score (nSPS) is 12.6. The van der Waals surface area contributed by atoms with Crippen molar-refractivity contribution in [1.82, 2.24) is 4.98 Å². The molecule has 3 heterocycles. The van der Waals surface area contributed by atoms with Crippen LogP contribution in [-0.4, -0.2) is 4.98 Å². The number of benzene rings is 8. The van der Waals surface area contributed by atoms with Gasteiger partial charge in [-0.2, -0.15) is 0 Å². The van der Waals surface area contributed by atoms with Gasteiger partial charge in [0.2, 0.25) is 0 Å². The number of aryl methyl sites for hydroxylation is 1. The van der Waals surface area contributed by atoms with Gasteiger partial charge >= 0.3 is 0 Å². The summed E-state index contributed by atoms with van der Waals surface area (Å²) in [5.41, 5.74) is 14.8. The van der Waals surface area contributed by atoms with E-state index >= 15 is 0 Å². The maximum absolute atomic E-state index is 6.52. The molecule has 3 aromatic heterocycles. The summed E-state index contributed by atoms with van der Waals surface area (Å²) in [4.78, 5) is 7.40. The van der Waals surface area contributed by atoms with Gasteiger partial charge in [-0.3, -0.25) is 0 Å². The number of hydrogen-bond acceptors (Lipinski definition) is 5. The number of anilines is 3. The van der Waals surface area contributed by atoms with Crippen LogP contribution in [0.25, 0.3) is 91.2 Å². The molecule has 0 aliphatic heterocycles. The summed E-state index contributed by atoms with van der Waals surface area (Å²) in [5.74, 6) is 0. The SMILES string of the molecule is C1=Cc2c(cccc2-c2ccc(N(c3ccc(-c4ccc5c(c4)oc4ccc6nc(-c7ccccc7)sc6c45)cc3)c3cccc4sc5ccccc5c34)cc2)CC1. The first kappa shape index (κ1) is 33.4. The molecule has 0 atom stereocenters. The number of aromatic nitrogens is 1. The Morgan fingerprint density at radius 2 is 1.29 bits per heavy atom. The van der Waals surface area contributed by atoms with Gasteiger partial charge in [0, 0.05) is 47.9 Å². The molecule has 8 aromatic carbocycles. The first-order valence-electron chi connectivity index (χ1n) is 19.7. The quantitative estimate of drug-likeness (QED) is 0.168. The van der Waals surface area contributed by atoms with Gasteiger partial charge in [0.15, 0.2) is 0 Å². The zero-order valence-electron chi connectivity index (χ0n) is 31.4. The minimum absolute atomic E-state index is 0.881. The number of nitrogens with zero attached hydrogens (tertiary/aromatic N) is 2. The second-order valence-electron chi connectivity index (χ2n) is 15.0. The number of hydrogen-bond donors (Lipinski definition) is 0. The van der Waals surface area contributed by atoms with Gasteiger partial charge < -0.3 is 9.32 Å². The number of thiazole rings is 1. The standard InChI is InChI=1S/C53H34N2OS2/c1-2-11-36(12-3-1)53-54-44-30-31-46-51(52(44)58-53)42-29-24-37(32-47(42)56-46)33-20-25-38(26-21-33)55(45-17-9-19-49-50(45)43-15-6-7-18-48(43)57-49)39-27-22-35(23-28-39)41-16-8-13-34-10-4-5-14-40(34)41/h1-3,5-9,11-32H,4,10H2. The van der Waals surface area contributed by atoms with E-state index in [-0.39, 0.29) is 0 Å². The lowest BCUT2D eigenvalue weighted by molar-refractivity contribution is 0.669. The van der Waals surface area contributed by atoms with Crippen LogP contribution in [0.4, 0.5) is 17.1 Å². The lowest BCUT2D eigenvalue weighted by atomic mass is 9.90. The molecule has 3 nitrogen and oxygen atoms in total. The molecule has 0 unspecified atom stereocenters. The smallest absolute Gasteiger partial charge is 0.137 e. The highest BCUT2D eigenvalue weighted by atomic mass is 32.1. The summed E-state index contributed by atoms with van der Waals surface area (Å²) in [5, 5.41) is 5.83. The Morgan fingerprint density at radius 1 is 0.534 bits per heavy atom. The molecule has 58 heavy (non-hydrogen) atoms. The molecule has 5 heteroatoms. The zero-order valence-corrected chi connectivity index (χ0v) is 33.0. The molecular weight excluding hydrogens is 745 g/mol. The third-order valence-electron chi connectivity index (χ3n) is 11.6. The molecule has 11 aromatic rings. The summed E-state index contributed by atoms with van der Waals surface area (Å²) in [6, 6.07) is 61.5. The van der Waals surface area contributed by atoms with E-state index in [4.69, 9.17) is 9.40 Å². The van der Waals surface area contributed by atoms with Gasteiger partial charge in [-0.05, 0) is 113 Å².